The summed E-state index contributed by atoms with van der Waals surface area (Å²) in [6, 6.07) is 14.0. The number of aromatic hydroxyl groups is 1. The lowest BCUT2D eigenvalue weighted by atomic mass is 10.2. The van der Waals surface area contributed by atoms with Gasteiger partial charge in [0.25, 0.3) is 0 Å². The van der Waals surface area contributed by atoms with Gasteiger partial charge >= 0.3 is 5.97 Å². The van der Waals surface area contributed by atoms with Gasteiger partial charge in [0, 0.05) is 0 Å². The number of ether oxygens (including phenoxy) is 2. The summed E-state index contributed by atoms with van der Waals surface area (Å²) in [4.78, 5) is 11.3. The molecule has 140 valence electrons. The summed E-state index contributed by atoms with van der Waals surface area (Å²) >= 11 is 0. The van der Waals surface area contributed by atoms with Crippen molar-refractivity contribution >= 4 is 5.97 Å². The van der Waals surface area contributed by atoms with Gasteiger partial charge in [0.1, 0.15) is 6.61 Å². The monoisotopic (exact) mass is 348 g/mol. The highest BCUT2D eigenvalue weighted by Gasteiger charge is 2.10. The summed E-state index contributed by atoms with van der Waals surface area (Å²) in [7, 11) is 1.29. The third kappa shape index (κ3) is 9.40. The van der Waals surface area contributed by atoms with Gasteiger partial charge in [-0.3, -0.25) is 0 Å². The lowest BCUT2D eigenvalue weighted by Crippen LogP contribution is -2.01. The molecule has 0 aliphatic rings. The SMILES string of the molecule is CC.CC.CC.COC(=O)c1ccc(OCc2ccccc2)c(O)c1. The Balaban J connectivity index is 0. The number of carbonyl (C=O) groups excluding carboxylic acids is 1. The zero-order valence-electron chi connectivity index (χ0n) is 16.5. The average Bonchev–Trinajstić information content (AvgIpc) is 2.71. The molecular weight excluding hydrogens is 316 g/mol. The van der Waals surface area contributed by atoms with E-state index >= 15 is 0 Å². The van der Waals surface area contributed by atoms with Gasteiger partial charge in [0.15, 0.2) is 11.5 Å². The fourth-order valence-corrected chi connectivity index (χ4v) is 1.62. The fraction of sp³-hybridized carbons (Fsp3) is 0.381. The molecule has 0 radical (unpaired) electrons. The van der Waals surface area contributed by atoms with E-state index in [0.29, 0.717) is 12.4 Å². The number of phenols is 1. The highest BCUT2D eigenvalue weighted by Crippen LogP contribution is 2.27. The Morgan fingerprint density at radius 2 is 1.48 bits per heavy atom. The van der Waals surface area contributed by atoms with Crippen LogP contribution in [0.1, 0.15) is 57.5 Å². The molecule has 4 heteroatoms. The fourth-order valence-electron chi connectivity index (χ4n) is 1.62. The molecular formula is C21H32O4. The van der Waals surface area contributed by atoms with E-state index in [0.717, 1.165) is 5.56 Å². The molecule has 0 saturated carbocycles. The predicted octanol–water partition coefficient (Wildman–Crippen LogP) is 5.84. The molecule has 25 heavy (non-hydrogen) atoms. The first-order chi connectivity index (χ1) is 12.2. The van der Waals surface area contributed by atoms with Gasteiger partial charge in [-0.1, -0.05) is 71.9 Å². The van der Waals surface area contributed by atoms with E-state index in [1.165, 1.54) is 13.2 Å². The third-order valence-corrected chi connectivity index (χ3v) is 2.62. The average molecular weight is 348 g/mol. The molecule has 4 nitrogen and oxygen atoms in total. The number of rotatable bonds is 4. The highest BCUT2D eigenvalue weighted by atomic mass is 16.5. The molecule has 0 atom stereocenters. The van der Waals surface area contributed by atoms with Gasteiger partial charge in [0.05, 0.1) is 12.7 Å². The molecule has 0 heterocycles. The molecule has 2 aromatic carbocycles. The minimum Gasteiger partial charge on any atom is -0.504 e. The van der Waals surface area contributed by atoms with Crippen LogP contribution < -0.4 is 4.74 Å². The van der Waals surface area contributed by atoms with Crippen LogP contribution in [0.25, 0.3) is 0 Å². The van der Waals surface area contributed by atoms with Crippen LogP contribution in [0.15, 0.2) is 48.5 Å². The minimum absolute atomic E-state index is 0.0844. The topological polar surface area (TPSA) is 55.8 Å². The molecule has 0 aromatic heterocycles. The second kappa shape index (κ2) is 16.4. The zero-order valence-corrected chi connectivity index (χ0v) is 16.5. The first kappa shape index (κ1) is 24.8. The summed E-state index contributed by atoms with van der Waals surface area (Å²) in [5, 5.41) is 9.78. The molecule has 0 aliphatic heterocycles. The van der Waals surface area contributed by atoms with Crippen molar-refractivity contribution < 1.29 is 19.4 Å². The Morgan fingerprint density at radius 3 is 1.96 bits per heavy atom. The molecule has 0 amide bonds. The number of esters is 1. The van der Waals surface area contributed by atoms with E-state index in [1.807, 2.05) is 71.9 Å². The Morgan fingerprint density at radius 1 is 0.920 bits per heavy atom. The molecule has 2 rings (SSSR count). The highest BCUT2D eigenvalue weighted by molar-refractivity contribution is 5.90. The van der Waals surface area contributed by atoms with Crippen LogP contribution in [0, 0.1) is 0 Å². The first-order valence-electron chi connectivity index (χ1n) is 8.79. The van der Waals surface area contributed by atoms with Crippen molar-refractivity contribution in [3.63, 3.8) is 0 Å². The van der Waals surface area contributed by atoms with Crippen molar-refractivity contribution in [1.29, 1.82) is 0 Å². The van der Waals surface area contributed by atoms with Gasteiger partial charge in [-0.15, -0.1) is 0 Å². The first-order valence-corrected chi connectivity index (χ1v) is 8.79. The molecule has 0 spiro atoms. The normalized spacial score (nSPS) is 8.28. The van der Waals surface area contributed by atoms with Crippen LogP contribution in [-0.2, 0) is 11.3 Å². The van der Waals surface area contributed by atoms with Crippen LogP contribution in [0.4, 0.5) is 0 Å². The van der Waals surface area contributed by atoms with E-state index in [9.17, 15) is 9.90 Å². The van der Waals surface area contributed by atoms with Crippen molar-refractivity contribution in [3.05, 3.63) is 59.7 Å². The van der Waals surface area contributed by atoms with Crippen LogP contribution in [-0.4, -0.2) is 18.2 Å². The maximum Gasteiger partial charge on any atom is 0.337 e. The maximum absolute atomic E-state index is 11.3. The van der Waals surface area contributed by atoms with E-state index < -0.39 is 5.97 Å². The smallest absolute Gasteiger partial charge is 0.337 e. The molecule has 0 fully saturated rings. The Hall–Kier alpha value is -2.49. The number of hydrogen-bond acceptors (Lipinski definition) is 4. The van der Waals surface area contributed by atoms with Crippen molar-refractivity contribution in [2.45, 2.75) is 48.1 Å². The van der Waals surface area contributed by atoms with E-state index in [2.05, 4.69) is 4.74 Å². The zero-order chi connectivity index (χ0) is 19.7. The number of hydrogen-bond donors (Lipinski definition) is 1. The molecule has 2 aromatic rings. The second-order valence-corrected chi connectivity index (χ2v) is 3.95. The van der Waals surface area contributed by atoms with Crippen LogP contribution in [0.5, 0.6) is 11.5 Å². The quantitative estimate of drug-likeness (QED) is 0.706. The Bertz CT molecular complexity index is 565. The Labute approximate surface area is 152 Å². The van der Waals surface area contributed by atoms with Crippen molar-refractivity contribution in [2.24, 2.45) is 0 Å². The minimum atomic E-state index is -0.495. The molecule has 0 bridgehead atoms. The van der Waals surface area contributed by atoms with Gasteiger partial charge in [-0.05, 0) is 23.8 Å². The van der Waals surface area contributed by atoms with E-state index in [4.69, 9.17) is 4.74 Å². The van der Waals surface area contributed by atoms with Crippen molar-refractivity contribution in [3.8, 4) is 11.5 Å². The predicted molar refractivity (Wildman–Crippen MR) is 104 cm³/mol. The van der Waals surface area contributed by atoms with Crippen molar-refractivity contribution in [2.75, 3.05) is 7.11 Å². The van der Waals surface area contributed by atoms with Crippen LogP contribution in [0.2, 0.25) is 0 Å². The molecule has 1 N–H and O–H groups in total. The van der Waals surface area contributed by atoms with E-state index in [1.54, 1.807) is 12.1 Å². The maximum atomic E-state index is 11.3. The van der Waals surface area contributed by atoms with Gasteiger partial charge < -0.3 is 14.6 Å². The van der Waals surface area contributed by atoms with E-state index in [-0.39, 0.29) is 11.3 Å². The third-order valence-electron chi connectivity index (χ3n) is 2.62. The van der Waals surface area contributed by atoms with Gasteiger partial charge in [-0.25, -0.2) is 4.79 Å². The number of methoxy groups -OCH3 is 1. The summed E-state index contributed by atoms with van der Waals surface area (Å²) in [5.74, 6) is -0.250. The summed E-state index contributed by atoms with van der Waals surface area (Å²) < 4.78 is 10.1. The summed E-state index contributed by atoms with van der Waals surface area (Å²) in [5.41, 5.74) is 1.28. The van der Waals surface area contributed by atoms with Gasteiger partial charge in [-0.2, -0.15) is 0 Å². The summed E-state index contributed by atoms with van der Waals surface area (Å²) in [6.45, 7) is 12.4. The number of carbonyl (C=O) groups is 1. The van der Waals surface area contributed by atoms with Crippen LogP contribution >= 0.6 is 0 Å². The lowest BCUT2D eigenvalue weighted by Gasteiger charge is -2.09. The molecule has 0 aliphatic carbocycles. The lowest BCUT2D eigenvalue weighted by molar-refractivity contribution is 0.0600. The van der Waals surface area contributed by atoms with Crippen molar-refractivity contribution in [1.82, 2.24) is 0 Å². The number of phenolic OH excluding ortho intramolecular Hbond substituents is 1. The summed E-state index contributed by atoms with van der Waals surface area (Å²) in [6.07, 6.45) is 0. The van der Waals surface area contributed by atoms with Gasteiger partial charge in [0.2, 0.25) is 0 Å². The molecule has 0 unspecified atom stereocenters. The number of benzene rings is 2. The standard InChI is InChI=1S/C15H14O4.3C2H6/c1-18-15(17)12-7-8-14(13(16)9-12)19-10-11-5-3-2-4-6-11;3*1-2/h2-9,16H,10H2,1H3;3*1-2H3. The second-order valence-electron chi connectivity index (χ2n) is 3.95. The van der Waals surface area contributed by atoms with Crippen LogP contribution in [0.3, 0.4) is 0 Å². The molecule has 0 saturated heterocycles. The largest absolute Gasteiger partial charge is 0.504 e. The Kier molecular flexibility index (Phi) is 16.2.